The number of thioether (sulfide) groups is 1. The average molecular weight is 348 g/mol. The summed E-state index contributed by atoms with van der Waals surface area (Å²) in [6, 6.07) is 9.83. The summed E-state index contributed by atoms with van der Waals surface area (Å²) in [5, 5.41) is 12.6. The van der Waals surface area contributed by atoms with E-state index in [1.54, 1.807) is 16.4 Å². The molecule has 24 heavy (non-hydrogen) atoms. The normalized spacial score (nSPS) is 10.9. The number of benzene rings is 1. The van der Waals surface area contributed by atoms with E-state index in [0.717, 1.165) is 35.9 Å². The molecule has 0 fully saturated rings. The zero-order valence-corrected chi connectivity index (χ0v) is 14.3. The van der Waals surface area contributed by atoms with Gasteiger partial charge in [0.15, 0.2) is 0 Å². The average Bonchev–Trinajstić information content (AvgIpc) is 3.09. The van der Waals surface area contributed by atoms with Gasteiger partial charge >= 0.3 is 6.16 Å². The number of hydrogen-bond donors (Lipinski definition) is 0. The number of aromatic nitrogens is 4. The summed E-state index contributed by atoms with van der Waals surface area (Å²) in [5.74, 6) is 0.944. The van der Waals surface area contributed by atoms with E-state index in [4.69, 9.17) is 4.74 Å². The molecule has 0 aliphatic carbocycles. The zero-order chi connectivity index (χ0) is 17.0. The first kappa shape index (κ1) is 18.0. The molecule has 0 saturated heterocycles. The van der Waals surface area contributed by atoms with Crippen molar-refractivity contribution in [1.29, 1.82) is 0 Å². The highest BCUT2D eigenvalue weighted by Crippen LogP contribution is 2.19. The molecule has 128 valence electrons. The minimum atomic E-state index is -0.660. The van der Waals surface area contributed by atoms with Gasteiger partial charge in [-0.2, -0.15) is 4.68 Å². The molecule has 7 nitrogen and oxygen atoms in total. The monoisotopic (exact) mass is 348 g/mol. The summed E-state index contributed by atoms with van der Waals surface area (Å²) < 4.78 is 10.9. The molecule has 0 aliphatic rings. The zero-order valence-electron chi connectivity index (χ0n) is 13.5. The summed E-state index contributed by atoms with van der Waals surface area (Å²) in [6.07, 6.45) is 6.20. The maximum Gasteiger partial charge on any atom is 0.508 e. The number of allylic oxidation sites excluding steroid dienone is 1. The second-order valence-electron chi connectivity index (χ2n) is 4.79. The highest BCUT2D eigenvalue weighted by Gasteiger charge is 2.07. The molecule has 0 unspecified atom stereocenters. The second-order valence-corrected chi connectivity index (χ2v) is 5.85. The minimum Gasteiger partial charge on any atom is -0.438 e. The molecule has 1 aromatic carbocycles. The van der Waals surface area contributed by atoms with Gasteiger partial charge < -0.3 is 9.47 Å². The van der Waals surface area contributed by atoms with E-state index in [2.05, 4.69) is 20.3 Å². The van der Waals surface area contributed by atoms with Crippen molar-refractivity contribution in [2.24, 2.45) is 0 Å². The van der Waals surface area contributed by atoms with E-state index in [-0.39, 0.29) is 6.61 Å². The van der Waals surface area contributed by atoms with Crippen LogP contribution in [-0.4, -0.2) is 45.8 Å². The number of methoxy groups -OCH3 is 1. The van der Waals surface area contributed by atoms with Gasteiger partial charge in [-0.25, -0.2) is 4.79 Å². The van der Waals surface area contributed by atoms with Crippen molar-refractivity contribution in [3.05, 3.63) is 42.5 Å². The fraction of sp³-hybridized carbons (Fsp3) is 0.375. The molecule has 0 radical (unpaired) electrons. The van der Waals surface area contributed by atoms with Crippen molar-refractivity contribution in [3.63, 3.8) is 0 Å². The summed E-state index contributed by atoms with van der Waals surface area (Å²) >= 11 is 1.64. The van der Waals surface area contributed by atoms with Crippen molar-refractivity contribution in [2.75, 3.05) is 19.5 Å². The van der Waals surface area contributed by atoms with Crippen LogP contribution in [0.25, 0.3) is 5.69 Å². The largest absolute Gasteiger partial charge is 0.508 e. The van der Waals surface area contributed by atoms with Crippen molar-refractivity contribution in [2.45, 2.75) is 24.4 Å². The molecule has 0 bridgehead atoms. The Labute approximate surface area is 145 Å². The van der Waals surface area contributed by atoms with Gasteiger partial charge in [0, 0.05) is 5.75 Å². The Morgan fingerprint density at radius 1 is 1.25 bits per heavy atom. The maximum absolute atomic E-state index is 10.7. The predicted molar refractivity (Wildman–Crippen MR) is 91.2 cm³/mol. The van der Waals surface area contributed by atoms with Crippen molar-refractivity contribution in [1.82, 2.24) is 20.2 Å². The van der Waals surface area contributed by atoms with Gasteiger partial charge in [-0.3, -0.25) is 0 Å². The van der Waals surface area contributed by atoms with Crippen molar-refractivity contribution in [3.8, 4) is 5.69 Å². The second kappa shape index (κ2) is 10.4. The molecular formula is C16H20N4O3S. The molecule has 0 saturated carbocycles. The van der Waals surface area contributed by atoms with Crippen LogP contribution in [-0.2, 0) is 9.47 Å². The third-order valence-electron chi connectivity index (χ3n) is 3.07. The topological polar surface area (TPSA) is 79.1 Å². The number of para-hydroxylation sites is 1. The first-order chi connectivity index (χ1) is 11.8. The van der Waals surface area contributed by atoms with Gasteiger partial charge in [-0.15, -0.1) is 5.10 Å². The third kappa shape index (κ3) is 6.04. The fourth-order valence-corrected chi connectivity index (χ4v) is 2.78. The van der Waals surface area contributed by atoms with Crippen LogP contribution in [0.2, 0.25) is 0 Å². The van der Waals surface area contributed by atoms with Crippen LogP contribution in [0.4, 0.5) is 4.79 Å². The minimum absolute atomic E-state index is 0.243. The number of carbonyl (C=O) groups is 1. The van der Waals surface area contributed by atoms with Crippen LogP contribution in [0.5, 0.6) is 0 Å². The number of nitrogens with zero attached hydrogens (tertiary/aromatic N) is 4. The molecule has 0 aliphatic heterocycles. The molecular weight excluding hydrogens is 328 g/mol. The first-order valence-corrected chi connectivity index (χ1v) is 8.62. The molecule has 0 N–H and O–H groups in total. The van der Waals surface area contributed by atoms with Crippen molar-refractivity contribution < 1.29 is 14.3 Å². The number of tetrazole rings is 1. The quantitative estimate of drug-likeness (QED) is 0.298. The number of carbonyl (C=O) groups excluding carboxylic acids is 1. The number of rotatable bonds is 9. The highest BCUT2D eigenvalue weighted by atomic mass is 32.2. The lowest BCUT2D eigenvalue weighted by Crippen LogP contribution is -2.03. The van der Waals surface area contributed by atoms with Crippen LogP contribution < -0.4 is 0 Å². The van der Waals surface area contributed by atoms with Crippen LogP contribution in [0.15, 0.2) is 47.6 Å². The fourth-order valence-electron chi connectivity index (χ4n) is 1.89. The van der Waals surface area contributed by atoms with Gasteiger partial charge in [0.2, 0.25) is 5.16 Å². The summed E-state index contributed by atoms with van der Waals surface area (Å²) in [5.41, 5.74) is 0.957. The molecule has 0 amide bonds. The van der Waals surface area contributed by atoms with Crippen molar-refractivity contribution >= 4 is 17.9 Å². The predicted octanol–water partition coefficient (Wildman–Crippen LogP) is 3.26. The lowest BCUT2D eigenvalue weighted by Gasteiger charge is -2.03. The highest BCUT2D eigenvalue weighted by molar-refractivity contribution is 7.99. The Morgan fingerprint density at radius 3 is 2.88 bits per heavy atom. The van der Waals surface area contributed by atoms with E-state index in [0.29, 0.717) is 0 Å². The van der Waals surface area contributed by atoms with E-state index in [1.807, 2.05) is 42.5 Å². The van der Waals surface area contributed by atoms with E-state index >= 15 is 0 Å². The summed E-state index contributed by atoms with van der Waals surface area (Å²) in [6.45, 7) is 0.243. The number of unbranched alkanes of at least 4 members (excludes halogenated alkanes) is 2. The summed E-state index contributed by atoms with van der Waals surface area (Å²) in [4.78, 5) is 10.7. The molecule has 0 spiro atoms. The van der Waals surface area contributed by atoms with E-state index < -0.39 is 6.16 Å². The van der Waals surface area contributed by atoms with Gasteiger partial charge in [0.1, 0.15) is 6.61 Å². The maximum atomic E-state index is 10.7. The Balaban J connectivity index is 1.63. The Kier molecular flexibility index (Phi) is 7.82. The number of ether oxygens (including phenoxy) is 2. The number of hydrogen-bond acceptors (Lipinski definition) is 7. The Bertz CT molecular complexity index is 646. The molecule has 8 heteroatoms. The molecule has 0 atom stereocenters. The van der Waals surface area contributed by atoms with Crippen LogP contribution >= 0.6 is 11.8 Å². The SMILES string of the molecule is COC(=O)OC/C=C/CCCCSc1nnnn1-c1ccccc1. The van der Waals surface area contributed by atoms with Gasteiger partial charge in [0.25, 0.3) is 0 Å². The van der Waals surface area contributed by atoms with Crippen LogP contribution in [0.1, 0.15) is 19.3 Å². The lowest BCUT2D eigenvalue weighted by atomic mass is 10.2. The first-order valence-electron chi connectivity index (χ1n) is 7.63. The van der Waals surface area contributed by atoms with Crippen LogP contribution in [0, 0.1) is 0 Å². The Morgan fingerprint density at radius 2 is 2.08 bits per heavy atom. The van der Waals surface area contributed by atoms with E-state index in [1.165, 1.54) is 7.11 Å². The molecule has 2 rings (SSSR count). The third-order valence-corrected chi connectivity index (χ3v) is 4.07. The van der Waals surface area contributed by atoms with E-state index in [9.17, 15) is 4.79 Å². The molecule has 1 aromatic heterocycles. The molecule has 1 heterocycles. The van der Waals surface area contributed by atoms with Gasteiger partial charge in [-0.05, 0) is 41.8 Å². The Hall–Kier alpha value is -2.35. The van der Waals surface area contributed by atoms with Crippen LogP contribution in [0.3, 0.4) is 0 Å². The smallest absolute Gasteiger partial charge is 0.438 e. The molecule has 2 aromatic rings. The lowest BCUT2D eigenvalue weighted by molar-refractivity contribution is 0.0817. The van der Waals surface area contributed by atoms with Gasteiger partial charge in [-0.1, -0.05) is 42.1 Å². The summed E-state index contributed by atoms with van der Waals surface area (Å²) in [7, 11) is 1.29. The van der Waals surface area contributed by atoms with Gasteiger partial charge in [0.05, 0.1) is 12.8 Å². The standard InChI is InChI=1S/C16H20N4O3S/c1-22-16(21)23-12-8-3-2-4-9-13-24-15-17-18-19-20(15)14-10-6-5-7-11-14/h3,5-8,10-11H,2,4,9,12-13H2,1H3/b8-3+.